The molecule has 0 bridgehead atoms. The van der Waals surface area contributed by atoms with Crippen LogP contribution in [0.4, 0.5) is 16.2 Å². The minimum atomic E-state index is -0.795. The van der Waals surface area contributed by atoms with E-state index in [0.29, 0.717) is 22.7 Å². The van der Waals surface area contributed by atoms with Crippen molar-refractivity contribution in [2.45, 2.75) is 45.1 Å². The van der Waals surface area contributed by atoms with Gasteiger partial charge in [-0.25, -0.2) is 9.69 Å². The van der Waals surface area contributed by atoms with E-state index in [9.17, 15) is 14.4 Å². The van der Waals surface area contributed by atoms with Crippen LogP contribution in [0, 0.1) is 13.8 Å². The SMILES string of the molecule is COc1cc(/C=C2\C(=O)NC(=O)N(c3cc4c5c(c3)[C@H](c3ccccc3)CCN5CC[C@@H]4c3ccccc3)C2=O)cc(Cl)c1OCc1ccc(C)c(C)c1. The van der Waals surface area contributed by atoms with Crippen LogP contribution in [-0.2, 0) is 16.2 Å². The number of hydrogen-bond acceptors (Lipinski definition) is 6. The summed E-state index contributed by atoms with van der Waals surface area (Å²) in [6, 6.07) is 33.2. The van der Waals surface area contributed by atoms with Crippen LogP contribution in [0.2, 0.25) is 5.02 Å². The third-order valence-electron chi connectivity index (χ3n) is 10.9. The number of imide groups is 2. The fourth-order valence-corrected chi connectivity index (χ4v) is 8.31. The molecule has 4 amide bonds. The molecule has 3 aliphatic heterocycles. The number of halogens is 1. The summed E-state index contributed by atoms with van der Waals surface area (Å²) in [4.78, 5) is 44.9. The van der Waals surface area contributed by atoms with Gasteiger partial charge in [0, 0.05) is 30.6 Å². The molecule has 1 fully saturated rings. The topological polar surface area (TPSA) is 88.2 Å². The van der Waals surface area contributed by atoms with Crippen molar-refractivity contribution < 1.29 is 23.9 Å². The molecule has 0 saturated carbocycles. The summed E-state index contributed by atoms with van der Waals surface area (Å²) in [7, 11) is 1.50. The maximum atomic E-state index is 14.4. The van der Waals surface area contributed by atoms with Gasteiger partial charge < -0.3 is 14.4 Å². The summed E-state index contributed by atoms with van der Waals surface area (Å²) < 4.78 is 11.7. The lowest BCUT2D eigenvalue weighted by Crippen LogP contribution is -2.54. The van der Waals surface area contributed by atoms with Gasteiger partial charge >= 0.3 is 6.03 Å². The summed E-state index contributed by atoms with van der Waals surface area (Å²) in [5.74, 6) is -0.703. The first-order chi connectivity index (χ1) is 26.2. The number of anilines is 2. The molecule has 3 heterocycles. The Kier molecular flexibility index (Phi) is 9.46. The molecule has 9 heteroatoms. The number of nitrogens with zero attached hydrogens (tertiary/aromatic N) is 2. The highest BCUT2D eigenvalue weighted by Crippen LogP contribution is 2.50. The molecule has 5 aromatic carbocycles. The van der Waals surface area contributed by atoms with Crippen molar-refractivity contribution in [2.24, 2.45) is 0 Å². The second kappa shape index (κ2) is 14.5. The fourth-order valence-electron chi connectivity index (χ4n) is 8.04. The molecule has 1 saturated heterocycles. The minimum Gasteiger partial charge on any atom is -0.493 e. The Labute approximate surface area is 320 Å². The molecule has 0 aromatic heterocycles. The molecule has 272 valence electrons. The molecule has 3 aliphatic rings. The van der Waals surface area contributed by atoms with Gasteiger partial charge in [0.25, 0.3) is 11.8 Å². The van der Waals surface area contributed by atoms with E-state index in [2.05, 4.69) is 47.5 Å². The number of amides is 4. The molecule has 8 rings (SSSR count). The van der Waals surface area contributed by atoms with Gasteiger partial charge in [-0.3, -0.25) is 14.9 Å². The number of nitrogens with one attached hydrogen (secondary N) is 1. The van der Waals surface area contributed by atoms with Gasteiger partial charge in [-0.15, -0.1) is 0 Å². The molecule has 1 N–H and O–H groups in total. The second-order valence-corrected chi connectivity index (χ2v) is 14.6. The Balaban J connectivity index is 1.18. The molecule has 0 spiro atoms. The van der Waals surface area contributed by atoms with Crippen LogP contribution in [0.3, 0.4) is 0 Å². The van der Waals surface area contributed by atoms with Crippen molar-refractivity contribution in [3.05, 3.63) is 158 Å². The van der Waals surface area contributed by atoms with Gasteiger partial charge in [0.2, 0.25) is 0 Å². The molecule has 5 aromatic rings. The molecular weight excluding hydrogens is 698 g/mol. The number of carbonyl (C=O) groups is 3. The van der Waals surface area contributed by atoms with E-state index >= 15 is 0 Å². The van der Waals surface area contributed by atoms with E-state index in [-0.39, 0.29) is 29.0 Å². The Hall–Kier alpha value is -5.86. The van der Waals surface area contributed by atoms with Crippen molar-refractivity contribution in [1.29, 1.82) is 0 Å². The van der Waals surface area contributed by atoms with E-state index < -0.39 is 17.8 Å². The number of benzene rings is 5. The molecule has 0 aliphatic carbocycles. The van der Waals surface area contributed by atoms with Crippen molar-refractivity contribution in [3.63, 3.8) is 0 Å². The number of methoxy groups -OCH3 is 1. The maximum absolute atomic E-state index is 14.4. The van der Waals surface area contributed by atoms with Crippen molar-refractivity contribution in [3.8, 4) is 11.5 Å². The van der Waals surface area contributed by atoms with Crippen LogP contribution >= 0.6 is 11.6 Å². The Morgan fingerprint density at radius 2 is 1.43 bits per heavy atom. The summed E-state index contributed by atoms with van der Waals surface area (Å²) in [5.41, 5.74) is 9.62. The zero-order chi connectivity index (χ0) is 37.5. The van der Waals surface area contributed by atoms with Gasteiger partial charge in [0.1, 0.15) is 12.2 Å². The first kappa shape index (κ1) is 35.2. The van der Waals surface area contributed by atoms with Crippen molar-refractivity contribution in [1.82, 2.24) is 5.32 Å². The van der Waals surface area contributed by atoms with Crippen molar-refractivity contribution >= 4 is 46.9 Å². The van der Waals surface area contributed by atoms with Crippen molar-refractivity contribution in [2.75, 3.05) is 30.0 Å². The average molecular weight is 738 g/mol. The molecule has 2 atom stereocenters. The monoisotopic (exact) mass is 737 g/mol. The number of aryl methyl sites for hydroxylation is 2. The standard InChI is InChI=1S/C45H40ClN3O5/c1-27-14-15-29(20-28(27)2)26-54-42-39(46)22-30(23-40(42)53-3)21-38-43(50)47-45(52)49(44(38)51)33-24-36-34(31-10-6-4-7-11-31)16-18-48-19-17-35(37(25-33)41(36)48)32-12-8-5-9-13-32/h4-15,20-25,34-35H,16-19,26H2,1-3H3,(H,47,50,52)/b38-21+/t34-,35+. The van der Waals surface area contributed by atoms with Gasteiger partial charge in [-0.2, -0.15) is 0 Å². The minimum absolute atomic E-state index is 0.0654. The van der Waals surface area contributed by atoms with Crippen LogP contribution in [-0.4, -0.2) is 38.0 Å². The number of hydrogen-bond donors (Lipinski definition) is 1. The number of rotatable bonds is 8. The predicted octanol–water partition coefficient (Wildman–Crippen LogP) is 9.09. The Morgan fingerprint density at radius 3 is 2.02 bits per heavy atom. The first-order valence-corrected chi connectivity index (χ1v) is 18.6. The van der Waals surface area contributed by atoms with E-state index in [1.165, 1.54) is 29.9 Å². The lowest BCUT2D eigenvalue weighted by Gasteiger charge is -2.44. The smallest absolute Gasteiger partial charge is 0.335 e. The van der Waals surface area contributed by atoms with Gasteiger partial charge in [-0.05, 0) is 102 Å². The molecular formula is C45H40ClN3O5. The van der Waals surface area contributed by atoms with Gasteiger partial charge in [-0.1, -0.05) is 90.5 Å². The highest BCUT2D eigenvalue weighted by atomic mass is 35.5. The first-order valence-electron chi connectivity index (χ1n) is 18.2. The highest BCUT2D eigenvalue weighted by molar-refractivity contribution is 6.39. The number of carbonyl (C=O) groups excluding carboxylic acids is 3. The van der Waals surface area contributed by atoms with Crippen LogP contribution in [0.25, 0.3) is 6.08 Å². The Morgan fingerprint density at radius 1 is 0.796 bits per heavy atom. The summed E-state index contributed by atoms with van der Waals surface area (Å²) in [6.07, 6.45) is 3.22. The largest absolute Gasteiger partial charge is 0.493 e. The van der Waals surface area contributed by atoms with Crippen LogP contribution in [0.15, 0.2) is 109 Å². The zero-order valence-electron chi connectivity index (χ0n) is 30.4. The van der Waals surface area contributed by atoms with Gasteiger partial charge in [0.15, 0.2) is 11.5 Å². The number of ether oxygens (including phenoxy) is 2. The quantitative estimate of drug-likeness (QED) is 0.126. The second-order valence-electron chi connectivity index (χ2n) is 14.2. The third kappa shape index (κ3) is 6.51. The van der Waals surface area contributed by atoms with E-state index in [4.69, 9.17) is 21.1 Å². The lowest BCUT2D eigenvalue weighted by atomic mass is 9.76. The summed E-state index contributed by atoms with van der Waals surface area (Å²) >= 11 is 6.73. The molecule has 0 radical (unpaired) electrons. The van der Waals surface area contributed by atoms with E-state index in [1.54, 1.807) is 12.1 Å². The van der Waals surface area contributed by atoms with Crippen LogP contribution in [0.1, 0.15) is 69.2 Å². The van der Waals surface area contributed by atoms with Crippen LogP contribution < -0.4 is 24.6 Å². The number of barbiturate groups is 1. The Bertz CT molecular complexity index is 2250. The van der Waals surface area contributed by atoms with Crippen LogP contribution in [0.5, 0.6) is 11.5 Å². The fraction of sp³-hybridized carbons (Fsp3) is 0.222. The van der Waals surface area contributed by atoms with E-state index in [1.807, 2.05) is 67.6 Å². The predicted molar refractivity (Wildman–Crippen MR) is 212 cm³/mol. The molecule has 8 nitrogen and oxygen atoms in total. The summed E-state index contributed by atoms with van der Waals surface area (Å²) in [6.45, 7) is 6.19. The van der Waals surface area contributed by atoms with Gasteiger partial charge in [0.05, 0.1) is 17.8 Å². The number of urea groups is 1. The maximum Gasteiger partial charge on any atom is 0.335 e. The lowest BCUT2D eigenvalue weighted by molar-refractivity contribution is -0.122. The normalized spacial score (nSPS) is 18.7. The summed E-state index contributed by atoms with van der Waals surface area (Å²) in [5, 5.41) is 2.66. The molecule has 0 unspecified atom stereocenters. The third-order valence-corrected chi connectivity index (χ3v) is 11.2. The molecule has 54 heavy (non-hydrogen) atoms. The van der Waals surface area contributed by atoms with E-state index in [0.717, 1.165) is 58.8 Å². The highest BCUT2D eigenvalue weighted by Gasteiger charge is 2.40. The zero-order valence-corrected chi connectivity index (χ0v) is 31.2. The average Bonchev–Trinajstić information content (AvgIpc) is 3.18.